The summed E-state index contributed by atoms with van der Waals surface area (Å²) in [5.74, 6) is 1.11. The number of rotatable bonds is 4. The summed E-state index contributed by atoms with van der Waals surface area (Å²) in [4.78, 5) is 9.92. The Labute approximate surface area is 149 Å². The van der Waals surface area contributed by atoms with Gasteiger partial charge in [0.15, 0.2) is 6.04 Å². The summed E-state index contributed by atoms with van der Waals surface area (Å²) in [5, 5.41) is 15.3. The Hall–Kier alpha value is -2.92. The standard InChI is InChI=1S/C20H17N3OS/c1-13-7-10-16(25-13)19(23-17-6-2-3-11-21-17)15-9-8-14-5-4-12-22-18(14)20(15)24/h2-12,19,24H,1H3,(H,21,23)/p+1/t19-/m0/s1. The first-order chi connectivity index (χ1) is 12.2. The maximum Gasteiger partial charge on any atom is 0.272 e. The molecule has 25 heavy (non-hydrogen) atoms. The molecule has 0 radical (unpaired) electrons. The van der Waals surface area contributed by atoms with Gasteiger partial charge in [0, 0.05) is 28.1 Å². The van der Waals surface area contributed by atoms with Gasteiger partial charge in [-0.3, -0.25) is 10.3 Å². The molecule has 0 aliphatic heterocycles. The number of aromatic amines is 1. The third-order valence-corrected chi connectivity index (χ3v) is 5.21. The van der Waals surface area contributed by atoms with Crippen molar-refractivity contribution in [2.24, 2.45) is 0 Å². The molecule has 0 unspecified atom stereocenters. The predicted octanol–water partition coefficient (Wildman–Crippen LogP) is 4.33. The van der Waals surface area contributed by atoms with Gasteiger partial charge in [-0.1, -0.05) is 18.2 Å². The van der Waals surface area contributed by atoms with Gasteiger partial charge in [-0.05, 0) is 37.3 Å². The van der Waals surface area contributed by atoms with Crippen LogP contribution in [-0.2, 0) is 0 Å². The first-order valence-electron chi connectivity index (χ1n) is 8.08. The lowest BCUT2D eigenvalue weighted by molar-refractivity contribution is -0.361. The highest BCUT2D eigenvalue weighted by Gasteiger charge is 2.25. The first kappa shape index (κ1) is 15.6. The van der Waals surface area contributed by atoms with Crippen molar-refractivity contribution in [1.82, 2.24) is 4.98 Å². The molecule has 0 aliphatic rings. The van der Waals surface area contributed by atoms with Crippen LogP contribution in [0.2, 0.25) is 0 Å². The average Bonchev–Trinajstić information content (AvgIpc) is 3.08. The Morgan fingerprint density at radius 3 is 2.76 bits per heavy atom. The molecule has 5 heteroatoms. The fourth-order valence-electron chi connectivity index (χ4n) is 2.93. The van der Waals surface area contributed by atoms with E-state index in [4.69, 9.17) is 0 Å². The normalized spacial score (nSPS) is 12.2. The number of nitrogens with zero attached hydrogens (tertiary/aromatic N) is 1. The van der Waals surface area contributed by atoms with Crippen LogP contribution in [0.5, 0.6) is 5.75 Å². The van der Waals surface area contributed by atoms with E-state index in [2.05, 4.69) is 34.3 Å². The number of aryl methyl sites for hydroxylation is 1. The maximum absolute atomic E-state index is 10.9. The lowest BCUT2D eigenvalue weighted by atomic mass is 10.0. The molecular formula is C20H18N3OS+. The summed E-state index contributed by atoms with van der Waals surface area (Å²) in [5.41, 5.74) is 1.43. The maximum atomic E-state index is 10.9. The molecule has 4 nitrogen and oxygen atoms in total. The molecule has 0 fully saturated rings. The molecule has 4 rings (SSSR count). The second kappa shape index (κ2) is 6.53. The van der Waals surface area contributed by atoms with Gasteiger partial charge in [-0.25, -0.2) is 4.98 Å². The van der Waals surface area contributed by atoms with E-state index in [0.29, 0.717) is 5.52 Å². The number of aromatic nitrogens is 2. The number of phenols is 1. The molecule has 124 valence electrons. The minimum atomic E-state index is -0.163. The van der Waals surface area contributed by atoms with Gasteiger partial charge in [0.05, 0.1) is 11.1 Å². The summed E-state index contributed by atoms with van der Waals surface area (Å²) in [6.45, 7) is 2.08. The Morgan fingerprint density at radius 1 is 1.08 bits per heavy atom. The zero-order chi connectivity index (χ0) is 17.2. The number of hydrogen-bond donors (Lipinski definition) is 2. The van der Waals surface area contributed by atoms with Crippen LogP contribution in [0.15, 0.2) is 67.0 Å². The molecule has 1 atom stereocenters. The number of thiophene rings is 1. The quantitative estimate of drug-likeness (QED) is 0.577. The Kier molecular flexibility index (Phi) is 4.07. The molecule has 0 aliphatic carbocycles. The predicted molar refractivity (Wildman–Crippen MR) is 101 cm³/mol. The van der Waals surface area contributed by atoms with E-state index in [1.54, 1.807) is 17.5 Å². The molecule has 1 aromatic carbocycles. The van der Waals surface area contributed by atoms with Crippen LogP contribution in [0.3, 0.4) is 0 Å². The van der Waals surface area contributed by atoms with Gasteiger partial charge in [-0.2, -0.15) is 0 Å². The lowest BCUT2D eigenvalue weighted by Crippen LogP contribution is -2.18. The molecule has 0 saturated carbocycles. The molecule has 3 N–H and O–H groups in total. The van der Waals surface area contributed by atoms with Crippen LogP contribution >= 0.6 is 11.3 Å². The third-order valence-electron chi connectivity index (χ3n) is 4.14. The van der Waals surface area contributed by atoms with Crippen LogP contribution in [0.25, 0.3) is 10.9 Å². The molecule has 3 aromatic heterocycles. The summed E-state index contributed by atoms with van der Waals surface area (Å²) < 4.78 is 0. The first-order valence-corrected chi connectivity index (χ1v) is 8.90. The summed E-state index contributed by atoms with van der Waals surface area (Å²) >= 11 is 1.72. The van der Waals surface area contributed by atoms with Crippen LogP contribution in [0.1, 0.15) is 21.4 Å². The number of aromatic hydroxyl groups is 1. The minimum Gasteiger partial charge on any atom is -0.505 e. The molecule has 4 aromatic rings. The Balaban J connectivity index is 1.84. The van der Waals surface area contributed by atoms with Gasteiger partial charge in [0.1, 0.15) is 11.3 Å². The van der Waals surface area contributed by atoms with Gasteiger partial charge in [0.25, 0.3) is 5.82 Å². The fourth-order valence-corrected chi connectivity index (χ4v) is 3.88. The topological polar surface area (TPSA) is 59.3 Å². The minimum absolute atomic E-state index is 0.163. The van der Waals surface area contributed by atoms with Crippen molar-refractivity contribution in [3.05, 3.63) is 82.3 Å². The monoisotopic (exact) mass is 348 g/mol. The highest BCUT2D eigenvalue weighted by atomic mass is 32.1. The zero-order valence-electron chi connectivity index (χ0n) is 13.7. The SMILES string of the molecule is Cc1ccc([C@@H](Nc2cccc[nH+]2)c2ccc3cccnc3c2O)s1. The lowest BCUT2D eigenvalue weighted by Gasteiger charge is -2.16. The number of hydrogen-bond acceptors (Lipinski definition) is 4. The second-order valence-corrected chi connectivity index (χ2v) is 7.20. The van der Waals surface area contributed by atoms with Crippen LogP contribution in [-0.4, -0.2) is 10.1 Å². The second-order valence-electron chi connectivity index (χ2n) is 5.88. The average molecular weight is 348 g/mol. The molecule has 0 saturated heterocycles. The van der Waals surface area contributed by atoms with Crippen molar-refractivity contribution in [3.63, 3.8) is 0 Å². The fraction of sp³-hybridized carbons (Fsp3) is 0.100. The van der Waals surface area contributed by atoms with E-state index < -0.39 is 0 Å². The van der Waals surface area contributed by atoms with Gasteiger partial charge in [0.2, 0.25) is 0 Å². The zero-order valence-corrected chi connectivity index (χ0v) is 14.5. The van der Waals surface area contributed by atoms with Crippen LogP contribution in [0, 0.1) is 6.92 Å². The molecule has 0 spiro atoms. The van der Waals surface area contributed by atoms with E-state index in [9.17, 15) is 5.11 Å². The summed E-state index contributed by atoms with van der Waals surface area (Å²) in [6, 6.07) is 17.7. The summed E-state index contributed by atoms with van der Waals surface area (Å²) in [6.07, 6.45) is 3.58. The smallest absolute Gasteiger partial charge is 0.272 e. The molecule has 0 amide bonds. The molecule has 0 bridgehead atoms. The van der Waals surface area contributed by atoms with E-state index in [0.717, 1.165) is 21.6 Å². The van der Waals surface area contributed by atoms with Gasteiger partial charge < -0.3 is 5.11 Å². The number of nitrogens with one attached hydrogen (secondary N) is 2. The highest BCUT2D eigenvalue weighted by Crippen LogP contribution is 2.38. The van der Waals surface area contributed by atoms with Crippen molar-refractivity contribution in [2.45, 2.75) is 13.0 Å². The van der Waals surface area contributed by atoms with Crippen molar-refractivity contribution in [1.29, 1.82) is 0 Å². The van der Waals surface area contributed by atoms with Crippen molar-refractivity contribution >= 4 is 28.1 Å². The van der Waals surface area contributed by atoms with E-state index in [1.165, 1.54) is 4.88 Å². The number of fused-ring (bicyclic) bond motifs is 1. The summed E-state index contributed by atoms with van der Waals surface area (Å²) in [7, 11) is 0. The van der Waals surface area contributed by atoms with E-state index in [1.807, 2.05) is 48.7 Å². The number of pyridine rings is 2. The largest absolute Gasteiger partial charge is 0.505 e. The van der Waals surface area contributed by atoms with Gasteiger partial charge in [-0.15, -0.1) is 11.3 Å². The molecule has 3 heterocycles. The highest BCUT2D eigenvalue weighted by molar-refractivity contribution is 7.12. The number of H-pyrrole nitrogens is 1. The number of benzene rings is 1. The van der Waals surface area contributed by atoms with Crippen molar-refractivity contribution in [3.8, 4) is 5.75 Å². The molecular weight excluding hydrogens is 330 g/mol. The van der Waals surface area contributed by atoms with Crippen molar-refractivity contribution < 1.29 is 10.1 Å². The number of anilines is 1. The van der Waals surface area contributed by atoms with Gasteiger partial charge >= 0.3 is 0 Å². The van der Waals surface area contributed by atoms with Crippen LogP contribution < -0.4 is 10.3 Å². The van der Waals surface area contributed by atoms with Crippen molar-refractivity contribution in [2.75, 3.05) is 5.32 Å². The Bertz CT molecular complexity index is 1010. The van der Waals surface area contributed by atoms with Crippen LogP contribution in [0.4, 0.5) is 5.82 Å². The Morgan fingerprint density at radius 2 is 2.00 bits per heavy atom. The third kappa shape index (κ3) is 3.06. The van der Waals surface area contributed by atoms with E-state index in [-0.39, 0.29) is 11.8 Å². The number of phenolic OH excluding ortho intramolecular Hbond substituents is 1. The van der Waals surface area contributed by atoms with E-state index >= 15 is 0 Å².